The number of nitrogens with zero attached hydrogens (tertiary/aromatic N) is 5. The zero-order valence-corrected chi connectivity index (χ0v) is 14.8. The lowest BCUT2D eigenvalue weighted by atomic mass is 10.3. The van der Waals surface area contributed by atoms with Gasteiger partial charge < -0.3 is 9.84 Å². The number of amides is 1. The third-order valence-corrected chi connectivity index (χ3v) is 4.05. The number of fused-ring (bicyclic) bond motifs is 1. The van der Waals surface area contributed by atoms with Gasteiger partial charge in [0.25, 0.3) is 5.56 Å². The monoisotopic (exact) mass is 384 g/mol. The molecule has 0 saturated heterocycles. The van der Waals surface area contributed by atoms with Crippen molar-refractivity contribution in [3.05, 3.63) is 64.0 Å². The molecule has 0 aliphatic heterocycles. The molecule has 1 aromatic carbocycles. The third-order valence-electron chi connectivity index (χ3n) is 3.82. The van der Waals surface area contributed by atoms with Crippen molar-refractivity contribution in [3.8, 4) is 5.69 Å². The first-order valence-electron chi connectivity index (χ1n) is 7.93. The number of benzene rings is 1. The lowest BCUT2D eigenvalue weighted by Crippen LogP contribution is -2.27. The lowest BCUT2D eigenvalue weighted by Gasteiger charge is -2.06. The van der Waals surface area contributed by atoms with Crippen LogP contribution in [0, 0.1) is 6.92 Å². The quantitative estimate of drug-likeness (QED) is 0.577. The Bertz CT molecular complexity index is 1210. The van der Waals surface area contributed by atoms with E-state index in [-0.39, 0.29) is 17.9 Å². The van der Waals surface area contributed by atoms with Gasteiger partial charge in [0.05, 0.1) is 11.9 Å². The molecule has 0 bridgehead atoms. The first kappa shape index (κ1) is 17.0. The lowest BCUT2D eigenvalue weighted by molar-refractivity contribution is -0.116. The number of carbonyl (C=O) groups is 1. The molecule has 3 heterocycles. The van der Waals surface area contributed by atoms with Crippen LogP contribution >= 0.6 is 11.6 Å². The van der Waals surface area contributed by atoms with Gasteiger partial charge in [-0.15, -0.1) is 0 Å². The summed E-state index contributed by atoms with van der Waals surface area (Å²) < 4.78 is 7.61. The first-order valence-corrected chi connectivity index (χ1v) is 8.31. The molecule has 1 amide bonds. The van der Waals surface area contributed by atoms with Crippen LogP contribution in [0.15, 0.2) is 52.2 Å². The number of halogens is 1. The van der Waals surface area contributed by atoms with Gasteiger partial charge in [0.15, 0.2) is 11.5 Å². The maximum absolute atomic E-state index is 12.7. The highest BCUT2D eigenvalue weighted by Crippen LogP contribution is 2.17. The largest absolute Gasteiger partial charge is 0.360 e. The third kappa shape index (κ3) is 3.32. The Labute approximate surface area is 157 Å². The van der Waals surface area contributed by atoms with Crippen molar-refractivity contribution in [2.24, 2.45) is 0 Å². The number of carbonyl (C=O) groups excluding carboxylic acids is 1. The fraction of sp³-hybridized carbons (Fsp3) is 0.118. The zero-order chi connectivity index (χ0) is 19.0. The summed E-state index contributed by atoms with van der Waals surface area (Å²) in [5, 5.41) is 11.3. The number of aryl methyl sites for hydroxylation is 1. The number of anilines is 1. The summed E-state index contributed by atoms with van der Waals surface area (Å²) in [6.07, 6.45) is 2.72. The molecule has 4 rings (SSSR count). The van der Waals surface area contributed by atoms with Crippen LogP contribution in [0.25, 0.3) is 16.7 Å². The molecule has 4 aromatic rings. The summed E-state index contributed by atoms with van der Waals surface area (Å²) in [4.78, 5) is 29.1. The molecular weight excluding hydrogens is 372 g/mol. The summed E-state index contributed by atoms with van der Waals surface area (Å²) in [5.41, 5.74) is 0.687. The topological polar surface area (TPSA) is 108 Å². The maximum Gasteiger partial charge on any atom is 0.264 e. The second-order valence-electron chi connectivity index (χ2n) is 5.82. The molecule has 0 unspecified atom stereocenters. The molecule has 0 fully saturated rings. The maximum atomic E-state index is 12.7. The number of rotatable bonds is 4. The SMILES string of the molecule is Cc1cc(NC(=O)Cn2cnc3c(cnn3-c3cccc(Cl)c3)c2=O)no1. The number of aromatic nitrogens is 5. The van der Waals surface area contributed by atoms with Crippen molar-refractivity contribution in [3.63, 3.8) is 0 Å². The second-order valence-corrected chi connectivity index (χ2v) is 6.26. The van der Waals surface area contributed by atoms with Gasteiger partial charge in [-0.3, -0.25) is 14.2 Å². The summed E-state index contributed by atoms with van der Waals surface area (Å²) in [6, 6.07) is 8.62. The van der Waals surface area contributed by atoms with E-state index in [1.165, 1.54) is 21.8 Å². The van der Waals surface area contributed by atoms with Crippen molar-refractivity contribution in [2.75, 3.05) is 5.32 Å². The van der Waals surface area contributed by atoms with Crippen molar-refractivity contribution in [1.82, 2.24) is 24.5 Å². The van der Waals surface area contributed by atoms with E-state index in [9.17, 15) is 9.59 Å². The van der Waals surface area contributed by atoms with Gasteiger partial charge in [-0.1, -0.05) is 22.8 Å². The van der Waals surface area contributed by atoms with Crippen molar-refractivity contribution >= 4 is 34.4 Å². The molecule has 0 spiro atoms. The summed E-state index contributed by atoms with van der Waals surface area (Å²) in [7, 11) is 0. The molecule has 0 atom stereocenters. The normalized spacial score (nSPS) is 11.0. The van der Waals surface area contributed by atoms with Gasteiger partial charge in [-0.2, -0.15) is 5.10 Å². The minimum absolute atomic E-state index is 0.212. The van der Waals surface area contributed by atoms with Gasteiger partial charge in [-0.25, -0.2) is 9.67 Å². The smallest absolute Gasteiger partial charge is 0.264 e. The molecule has 27 heavy (non-hydrogen) atoms. The Hall–Kier alpha value is -3.46. The van der Waals surface area contributed by atoms with Crippen LogP contribution in [0.3, 0.4) is 0 Å². The molecule has 3 aromatic heterocycles. The van der Waals surface area contributed by atoms with Crippen LogP contribution in [0.5, 0.6) is 0 Å². The molecule has 9 nitrogen and oxygen atoms in total. The van der Waals surface area contributed by atoms with Gasteiger partial charge in [0, 0.05) is 11.1 Å². The van der Waals surface area contributed by atoms with Crippen LogP contribution in [0.1, 0.15) is 5.76 Å². The van der Waals surface area contributed by atoms with Gasteiger partial charge >= 0.3 is 0 Å². The number of hydrogen-bond donors (Lipinski definition) is 1. The van der Waals surface area contributed by atoms with Crippen LogP contribution in [0.2, 0.25) is 5.02 Å². The Balaban J connectivity index is 1.63. The first-order chi connectivity index (χ1) is 13.0. The zero-order valence-electron chi connectivity index (χ0n) is 14.1. The van der Waals surface area contributed by atoms with Crippen LogP contribution in [0.4, 0.5) is 5.82 Å². The minimum atomic E-state index is -0.422. The van der Waals surface area contributed by atoms with Crippen LogP contribution < -0.4 is 10.9 Å². The Morgan fingerprint density at radius 3 is 2.93 bits per heavy atom. The van der Waals surface area contributed by atoms with E-state index in [1.54, 1.807) is 37.3 Å². The molecule has 0 saturated carbocycles. The molecule has 0 radical (unpaired) electrons. The average Bonchev–Trinajstić information content (AvgIpc) is 3.24. The predicted octanol–water partition coefficient (Wildman–Crippen LogP) is 2.17. The van der Waals surface area contributed by atoms with E-state index in [0.717, 1.165) is 0 Å². The molecular formula is C17H13ClN6O3. The fourth-order valence-electron chi connectivity index (χ4n) is 2.62. The van der Waals surface area contributed by atoms with E-state index in [4.69, 9.17) is 16.1 Å². The summed E-state index contributed by atoms with van der Waals surface area (Å²) >= 11 is 6.01. The van der Waals surface area contributed by atoms with E-state index >= 15 is 0 Å². The average molecular weight is 385 g/mol. The number of hydrogen-bond acceptors (Lipinski definition) is 6. The van der Waals surface area contributed by atoms with E-state index in [0.29, 0.717) is 27.5 Å². The Morgan fingerprint density at radius 2 is 2.19 bits per heavy atom. The van der Waals surface area contributed by atoms with E-state index in [1.807, 2.05) is 0 Å². The Morgan fingerprint density at radius 1 is 1.33 bits per heavy atom. The highest BCUT2D eigenvalue weighted by atomic mass is 35.5. The Kier molecular flexibility index (Phi) is 4.21. The molecule has 0 aliphatic carbocycles. The van der Waals surface area contributed by atoms with Gasteiger partial charge in [-0.05, 0) is 25.1 Å². The highest BCUT2D eigenvalue weighted by molar-refractivity contribution is 6.30. The molecule has 1 N–H and O–H groups in total. The standard InChI is InChI=1S/C17H13ClN6O3/c1-10-5-14(22-27-10)21-15(25)8-23-9-19-16-13(17(23)26)7-20-24(16)12-4-2-3-11(18)6-12/h2-7,9H,8H2,1H3,(H,21,22,25). The molecule has 10 heteroatoms. The van der Waals surface area contributed by atoms with E-state index < -0.39 is 5.91 Å². The highest BCUT2D eigenvalue weighted by Gasteiger charge is 2.14. The van der Waals surface area contributed by atoms with Gasteiger partial charge in [0.2, 0.25) is 5.91 Å². The molecule has 136 valence electrons. The van der Waals surface area contributed by atoms with Crippen LogP contribution in [-0.2, 0) is 11.3 Å². The van der Waals surface area contributed by atoms with Crippen molar-refractivity contribution < 1.29 is 9.32 Å². The van der Waals surface area contributed by atoms with Crippen LogP contribution in [-0.4, -0.2) is 30.4 Å². The molecule has 0 aliphatic rings. The second kappa shape index (κ2) is 6.69. The van der Waals surface area contributed by atoms with Crippen molar-refractivity contribution in [1.29, 1.82) is 0 Å². The van der Waals surface area contributed by atoms with Gasteiger partial charge in [0.1, 0.15) is 24.0 Å². The summed E-state index contributed by atoms with van der Waals surface area (Å²) in [5.74, 6) is 0.432. The minimum Gasteiger partial charge on any atom is -0.360 e. The van der Waals surface area contributed by atoms with E-state index in [2.05, 4.69) is 20.6 Å². The number of nitrogens with one attached hydrogen (secondary N) is 1. The summed E-state index contributed by atoms with van der Waals surface area (Å²) in [6.45, 7) is 1.50. The predicted molar refractivity (Wildman–Crippen MR) is 98.0 cm³/mol. The van der Waals surface area contributed by atoms with Crippen molar-refractivity contribution in [2.45, 2.75) is 13.5 Å². The fourth-order valence-corrected chi connectivity index (χ4v) is 2.80.